The van der Waals surface area contributed by atoms with Crippen LogP contribution in [0.5, 0.6) is 0 Å². The Hall–Kier alpha value is -3.87. The van der Waals surface area contributed by atoms with Gasteiger partial charge in [0.15, 0.2) is 10.8 Å². The number of hydrogen-bond donors (Lipinski definition) is 3. The highest BCUT2D eigenvalue weighted by Gasteiger charge is 2.54. The normalized spacial score (nSPS) is 18.3. The van der Waals surface area contributed by atoms with Gasteiger partial charge in [-0.1, -0.05) is 34.4 Å². The molecule has 0 saturated carbocycles. The highest BCUT2D eigenvalue weighted by molar-refractivity contribution is 8.00. The van der Waals surface area contributed by atoms with Gasteiger partial charge in [0.2, 0.25) is 0 Å². The molecule has 1 fully saturated rings. The molecule has 13 nitrogen and oxygen atoms in total. The van der Waals surface area contributed by atoms with Crippen LogP contribution in [0.4, 0.5) is 18.3 Å². The van der Waals surface area contributed by atoms with Crippen molar-refractivity contribution in [3.05, 3.63) is 56.2 Å². The van der Waals surface area contributed by atoms with Crippen LogP contribution in [-0.4, -0.2) is 80.3 Å². The number of benzene rings is 1. The number of amides is 3. The smallest absolute Gasteiger partial charge is 0.471 e. The molecule has 44 heavy (non-hydrogen) atoms. The second-order valence-corrected chi connectivity index (χ2v) is 11.6. The molecule has 2 aromatic rings. The zero-order chi connectivity index (χ0) is 32.3. The van der Waals surface area contributed by atoms with Crippen molar-refractivity contribution in [2.24, 2.45) is 5.16 Å². The van der Waals surface area contributed by atoms with Crippen LogP contribution in [0, 0.1) is 0 Å². The number of anilines is 1. The Labute approximate surface area is 263 Å². The Balaban J connectivity index is 1.55. The van der Waals surface area contributed by atoms with E-state index in [9.17, 15) is 42.3 Å². The number of nitrogens with one attached hydrogen (secondary N) is 2. The van der Waals surface area contributed by atoms with Crippen molar-refractivity contribution < 1.29 is 51.8 Å². The van der Waals surface area contributed by atoms with Crippen molar-refractivity contribution in [1.82, 2.24) is 15.2 Å². The first kappa shape index (κ1) is 33.0. The maximum Gasteiger partial charge on any atom is 0.471 e. The predicted octanol–water partition coefficient (Wildman–Crippen LogP) is 3.17. The van der Waals surface area contributed by atoms with Gasteiger partial charge in [0, 0.05) is 23.6 Å². The van der Waals surface area contributed by atoms with Gasteiger partial charge in [0.05, 0.1) is 10.0 Å². The van der Waals surface area contributed by atoms with Crippen molar-refractivity contribution in [3.63, 3.8) is 0 Å². The highest BCUT2D eigenvalue weighted by atomic mass is 35.5. The summed E-state index contributed by atoms with van der Waals surface area (Å²) in [6.45, 7) is 0.562. The number of alkyl halides is 3. The van der Waals surface area contributed by atoms with Crippen LogP contribution in [0.3, 0.4) is 0 Å². The number of aromatic nitrogens is 1. The molecule has 3 heterocycles. The number of esters is 1. The van der Waals surface area contributed by atoms with Crippen LogP contribution >= 0.6 is 46.3 Å². The van der Waals surface area contributed by atoms with Gasteiger partial charge in [-0.15, -0.1) is 23.1 Å². The van der Waals surface area contributed by atoms with E-state index in [2.05, 4.69) is 15.5 Å². The molecule has 3 amide bonds. The molecular formula is C24H18Cl2F3N5O8S2. The van der Waals surface area contributed by atoms with Crippen LogP contribution in [0.2, 0.25) is 10.0 Å². The number of carboxylic acid groups (broad SMARTS) is 1. The first-order valence-electron chi connectivity index (χ1n) is 12.0. The van der Waals surface area contributed by atoms with Crippen molar-refractivity contribution in [1.29, 1.82) is 0 Å². The first-order valence-corrected chi connectivity index (χ1v) is 14.7. The molecule has 0 aliphatic carbocycles. The lowest BCUT2D eigenvalue weighted by atomic mass is 10.0. The second-order valence-electron chi connectivity index (χ2n) is 8.85. The molecule has 0 radical (unpaired) electrons. The van der Waals surface area contributed by atoms with Crippen LogP contribution < -0.4 is 10.6 Å². The zero-order valence-corrected chi connectivity index (χ0v) is 25.1. The van der Waals surface area contributed by atoms with Crippen molar-refractivity contribution in [2.45, 2.75) is 31.1 Å². The first-order chi connectivity index (χ1) is 20.7. The molecule has 0 spiro atoms. The average Bonchev–Trinajstić information content (AvgIpc) is 3.41. The lowest BCUT2D eigenvalue weighted by Gasteiger charge is -2.49. The maximum atomic E-state index is 13.3. The molecule has 20 heteroatoms. The van der Waals surface area contributed by atoms with Crippen molar-refractivity contribution >= 4 is 86.8 Å². The van der Waals surface area contributed by atoms with E-state index in [4.69, 9.17) is 32.8 Å². The number of fused-ring (bicyclic) bond motifs is 1. The fourth-order valence-corrected chi connectivity index (χ4v) is 6.14. The number of β-lactam (4-membered cyclic amide) rings is 1. The van der Waals surface area contributed by atoms with E-state index < -0.39 is 58.1 Å². The SMILES string of the molecule is CC(=O)OCC1=C(C(=O)O)N2C(=O)[C@@H](NC(=O)C(=NOCc3ccc(Cl)c(Cl)c3)c3csc(NC(=O)C(F)(F)F)n3)[C@H]2SC1. The molecule has 2 aliphatic rings. The Bertz CT molecular complexity index is 1600. The lowest BCUT2D eigenvalue weighted by Crippen LogP contribution is -2.71. The minimum atomic E-state index is -5.20. The number of oxime groups is 1. The van der Waals surface area contributed by atoms with Gasteiger partial charge >= 0.3 is 24.0 Å². The number of thioether (sulfide) groups is 1. The summed E-state index contributed by atoms with van der Waals surface area (Å²) in [6, 6.07) is 3.28. The second kappa shape index (κ2) is 13.4. The third kappa shape index (κ3) is 7.43. The minimum Gasteiger partial charge on any atom is -0.477 e. The number of carbonyl (C=O) groups is 5. The standard InChI is InChI=1S/C24H18Cl2F3N5O8S2/c1-9(35)41-6-11-7-43-20-16(19(37)34(20)17(11)21(38)39)31-18(36)15(33-42-5-10-2-3-12(25)13(26)4-10)14-8-44-23(30-14)32-22(40)24(27,28)29/h2-4,8,16,20H,5-7H2,1H3,(H,31,36)(H,38,39)(H,30,32,40)/t16-,20-/m1/s1. The van der Waals surface area contributed by atoms with Gasteiger partial charge in [0.25, 0.3) is 11.8 Å². The van der Waals surface area contributed by atoms with Crippen molar-refractivity contribution in [2.75, 3.05) is 17.7 Å². The third-order valence-corrected chi connectivity index (χ3v) is 8.63. The largest absolute Gasteiger partial charge is 0.477 e. The Morgan fingerprint density at radius 2 is 1.93 bits per heavy atom. The third-order valence-electron chi connectivity index (χ3n) is 5.80. The minimum absolute atomic E-state index is 0.0673. The quantitative estimate of drug-likeness (QED) is 0.145. The maximum absolute atomic E-state index is 13.3. The summed E-state index contributed by atoms with van der Waals surface area (Å²) in [5.74, 6) is -6.14. The van der Waals surface area contributed by atoms with Crippen LogP contribution in [0.1, 0.15) is 18.2 Å². The van der Waals surface area contributed by atoms with Gasteiger partial charge in [-0.05, 0) is 17.7 Å². The van der Waals surface area contributed by atoms with E-state index in [0.29, 0.717) is 16.9 Å². The summed E-state index contributed by atoms with van der Waals surface area (Å²) in [7, 11) is 0. The number of carboxylic acids is 1. The van der Waals surface area contributed by atoms with Crippen LogP contribution in [0.15, 0.2) is 40.0 Å². The average molecular weight is 696 g/mol. The van der Waals surface area contributed by atoms with Crippen LogP contribution in [0.25, 0.3) is 0 Å². The van der Waals surface area contributed by atoms with Gasteiger partial charge in [-0.3, -0.25) is 29.4 Å². The van der Waals surface area contributed by atoms with Gasteiger partial charge in [-0.2, -0.15) is 13.2 Å². The highest BCUT2D eigenvalue weighted by Crippen LogP contribution is 2.40. The molecule has 1 aromatic heterocycles. The van der Waals surface area contributed by atoms with Gasteiger partial charge < -0.3 is 20.0 Å². The molecule has 0 unspecified atom stereocenters. The van der Waals surface area contributed by atoms with E-state index in [-0.39, 0.29) is 46.0 Å². The van der Waals surface area contributed by atoms with E-state index >= 15 is 0 Å². The molecule has 4 rings (SSSR count). The van der Waals surface area contributed by atoms with E-state index in [1.807, 2.05) is 0 Å². The Kier molecular flexibility index (Phi) is 10.1. The number of nitrogens with zero attached hydrogens (tertiary/aromatic N) is 3. The number of carbonyl (C=O) groups excluding carboxylic acids is 4. The van der Waals surface area contributed by atoms with E-state index in [1.54, 1.807) is 11.4 Å². The monoisotopic (exact) mass is 695 g/mol. The van der Waals surface area contributed by atoms with Crippen LogP contribution in [-0.2, 0) is 40.2 Å². The summed E-state index contributed by atoms with van der Waals surface area (Å²) in [6.07, 6.45) is -5.20. The number of rotatable bonds is 10. The molecule has 1 aromatic carbocycles. The number of ether oxygens (including phenoxy) is 1. The number of thiazole rings is 1. The summed E-state index contributed by atoms with van der Waals surface area (Å²) in [5, 5.41) is 17.7. The molecule has 0 bridgehead atoms. The molecular weight excluding hydrogens is 678 g/mol. The molecule has 2 aliphatic heterocycles. The molecule has 1 saturated heterocycles. The molecule has 3 N–H and O–H groups in total. The number of hydrogen-bond acceptors (Lipinski definition) is 11. The van der Waals surface area contributed by atoms with E-state index in [1.165, 1.54) is 12.1 Å². The summed E-state index contributed by atoms with van der Waals surface area (Å²) in [4.78, 5) is 70.8. The molecule has 2 atom stereocenters. The lowest BCUT2D eigenvalue weighted by molar-refractivity contribution is -0.167. The van der Waals surface area contributed by atoms with Gasteiger partial charge in [0.1, 0.15) is 36.0 Å². The van der Waals surface area contributed by atoms with Crippen molar-refractivity contribution in [3.8, 4) is 0 Å². The summed E-state index contributed by atoms with van der Waals surface area (Å²) >= 11 is 13.5. The van der Waals surface area contributed by atoms with Gasteiger partial charge in [-0.25, -0.2) is 9.78 Å². The topological polar surface area (TPSA) is 177 Å². The Morgan fingerprint density at radius 3 is 2.57 bits per heavy atom. The summed E-state index contributed by atoms with van der Waals surface area (Å²) < 4.78 is 43.0. The number of aliphatic carboxylic acids is 1. The zero-order valence-electron chi connectivity index (χ0n) is 21.9. The Morgan fingerprint density at radius 1 is 1.20 bits per heavy atom. The summed E-state index contributed by atoms with van der Waals surface area (Å²) in [5.41, 5.74) is -0.575. The molecule has 234 valence electrons. The fraction of sp³-hybridized carbons (Fsp3) is 0.292. The fourth-order valence-electron chi connectivity index (χ4n) is 3.81. The van der Waals surface area contributed by atoms with E-state index in [0.717, 1.165) is 29.0 Å². The predicted molar refractivity (Wildman–Crippen MR) is 151 cm³/mol. The number of halogens is 5.